The molecule has 1 rings (SSSR count). The van der Waals surface area contributed by atoms with Crippen molar-refractivity contribution >= 4 is 5.97 Å². The van der Waals surface area contributed by atoms with Crippen molar-refractivity contribution in [2.45, 2.75) is 59.0 Å². The number of nitrogens with one attached hydrogen (secondary N) is 1. The molecule has 1 N–H and O–H groups in total. The van der Waals surface area contributed by atoms with Crippen LogP contribution in [0.4, 0.5) is 0 Å². The summed E-state index contributed by atoms with van der Waals surface area (Å²) in [5.74, 6) is -0.250. The third kappa shape index (κ3) is 4.07. The van der Waals surface area contributed by atoms with Gasteiger partial charge >= 0.3 is 5.97 Å². The monoisotopic (exact) mass is 281 g/mol. The van der Waals surface area contributed by atoms with E-state index in [1.54, 1.807) is 4.68 Å². The second-order valence-electron chi connectivity index (χ2n) is 6.36. The van der Waals surface area contributed by atoms with Crippen molar-refractivity contribution in [2.75, 3.05) is 6.61 Å². The molecule has 0 bridgehead atoms. The summed E-state index contributed by atoms with van der Waals surface area (Å²) in [7, 11) is 1.87. The third-order valence-electron chi connectivity index (χ3n) is 2.90. The number of rotatable bonds is 5. The molecule has 0 aliphatic rings. The van der Waals surface area contributed by atoms with Crippen molar-refractivity contribution in [1.29, 1.82) is 0 Å². The van der Waals surface area contributed by atoms with E-state index in [1.165, 1.54) is 0 Å². The lowest BCUT2D eigenvalue weighted by atomic mass is 9.87. The molecule has 5 heteroatoms. The maximum atomic E-state index is 12.2. The Bertz CT molecular complexity index is 458. The van der Waals surface area contributed by atoms with Gasteiger partial charge in [-0.2, -0.15) is 5.10 Å². The summed E-state index contributed by atoms with van der Waals surface area (Å²) in [6.45, 7) is 12.5. The molecule has 0 aliphatic carbocycles. The van der Waals surface area contributed by atoms with Crippen LogP contribution in [0.25, 0.3) is 0 Å². The molecule has 0 spiro atoms. The number of ether oxygens (including phenoxy) is 1. The van der Waals surface area contributed by atoms with Crippen LogP contribution >= 0.6 is 0 Å². The van der Waals surface area contributed by atoms with E-state index < -0.39 is 6.04 Å². The Morgan fingerprint density at radius 3 is 2.50 bits per heavy atom. The zero-order valence-electron chi connectivity index (χ0n) is 13.7. The Labute approximate surface area is 121 Å². The highest BCUT2D eigenvalue weighted by Crippen LogP contribution is 2.29. The topological polar surface area (TPSA) is 56.1 Å². The van der Waals surface area contributed by atoms with E-state index in [0.29, 0.717) is 6.61 Å². The first kappa shape index (κ1) is 16.7. The molecule has 1 atom stereocenters. The lowest BCUT2D eigenvalue weighted by molar-refractivity contribution is -0.146. The van der Waals surface area contributed by atoms with Crippen molar-refractivity contribution in [2.24, 2.45) is 7.05 Å². The molecule has 1 aromatic heterocycles. The Morgan fingerprint density at radius 2 is 2.05 bits per heavy atom. The highest BCUT2D eigenvalue weighted by Gasteiger charge is 2.31. The van der Waals surface area contributed by atoms with Gasteiger partial charge in [-0.15, -0.1) is 0 Å². The number of carbonyl (C=O) groups is 1. The molecule has 0 amide bonds. The smallest absolute Gasteiger partial charge is 0.327 e. The molecule has 0 aromatic carbocycles. The summed E-state index contributed by atoms with van der Waals surface area (Å²) in [5.41, 5.74) is 1.69. The second kappa shape index (κ2) is 6.39. The SMILES string of the molecule is CCOC(=O)C(NC(C)C)c1cn(C)nc1C(C)(C)C. The van der Waals surface area contributed by atoms with Crippen molar-refractivity contribution in [1.82, 2.24) is 15.1 Å². The first-order valence-electron chi connectivity index (χ1n) is 7.13. The first-order valence-corrected chi connectivity index (χ1v) is 7.13. The molecular weight excluding hydrogens is 254 g/mol. The number of hydrogen-bond donors (Lipinski definition) is 1. The van der Waals surface area contributed by atoms with Gasteiger partial charge in [-0.3, -0.25) is 10.00 Å². The molecule has 0 radical (unpaired) electrons. The molecule has 1 heterocycles. The van der Waals surface area contributed by atoms with Gasteiger partial charge in [0, 0.05) is 30.3 Å². The van der Waals surface area contributed by atoms with Crippen LogP contribution in [0, 0.1) is 0 Å². The molecule has 0 saturated carbocycles. The zero-order chi connectivity index (χ0) is 15.5. The van der Waals surface area contributed by atoms with E-state index in [2.05, 4.69) is 31.2 Å². The van der Waals surface area contributed by atoms with E-state index >= 15 is 0 Å². The summed E-state index contributed by atoms with van der Waals surface area (Å²) in [6.07, 6.45) is 1.90. The normalized spacial score (nSPS) is 13.6. The second-order valence-corrected chi connectivity index (χ2v) is 6.36. The predicted octanol–water partition coefficient (Wildman–Crippen LogP) is 2.32. The maximum Gasteiger partial charge on any atom is 0.327 e. The fourth-order valence-corrected chi connectivity index (χ4v) is 2.14. The first-order chi connectivity index (χ1) is 9.16. The zero-order valence-corrected chi connectivity index (χ0v) is 13.7. The van der Waals surface area contributed by atoms with Crippen molar-refractivity contribution in [3.8, 4) is 0 Å². The highest BCUT2D eigenvalue weighted by atomic mass is 16.5. The minimum absolute atomic E-state index is 0.125. The van der Waals surface area contributed by atoms with Crippen LogP contribution in [0.5, 0.6) is 0 Å². The van der Waals surface area contributed by atoms with Gasteiger partial charge in [-0.25, -0.2) is 4.79 Å². The van der Waals surface area contributed by atoms with Crippen LogP contribution in [0.3, 0.4) is 0 Å². The van der Waals surface area contributed by atoms with Gasteiger partial charge in [0.1, 0.15) is 6.04 Å². The van der Waals surface area contributed by atoms with Crippen LogP contribution in [0.2, 0.25) is 0 Å². The van der Waals surface area contributed by atoms with Gasteiger partial charge in [-0.1, -0.05) is 20.8 Å². The van der Waals surface area contributed by atoms with Crippen LogP contribution in [-0.2, 0) is 22.0 Å². The number of nitrogens with zero attached hydrogens (tertiary/aromatic N) is 2. The highest BCUT2D eigenvalue weighted by molar-refractivity contribution is 5.78. The summed E-state index contributed by atoms with van der Waals surface area (Å²) >= 11 is 0. The van der Waals surface area contributed by atoms with Gasteiger partial charge < -0.3 is 4.74 Å². The van der Waals surface area contributed by atoms with Crippen LogP contribution < -0.4 is 5.32 Å². The van der Waals surface area contributed by atoms with Gasteiger partial charge in [-0.05, 0) is 20.8 Å². The lowest BCUT2D eigenvalue weighted by Gasteiger charge is -2.23. The molecule has 1 aromatic rings. The third-order valence-corrected chi connectivity index (χ3v) is 2.90. The fourth-order valence-electron chi connectivity index (χ4n) is 2.14. The van der Waals surface area contributed by atoms with Gasteiger partial charge in [0.05, 0.1) is 12.3 Å². The van der Waals surface area contributed by atoms with Gasteiger partial charge in [0.2, 0.25) is 0 Å². The minimum Gasteiger partial charge on any atom is -0.465 e. The number of aryl methyl sites for hydroxylation is 1. The molecule has 0 aliphatic heterocycles. The Balaban J connectivity index is 3.23. The molecular formula is C15H27N3O2. The van der Waals surface area contributed by atoms with E-state index in [9.17, 15) is 4.79 Å². The Kier molecular flexibility index (Phi) is 5.34. The average Bonchev–Trinajstić information content (AvgIpc) is 2.67. The Hall–Kier alpha value is -1.36. The lowest BCUT2D eigenvalue weighted by Crippen LogP contribution is -2.36. The number of esters is 1. The van der Waals surface area contributed by atoms with Gasteiger partial charge in [0.15, 0.2) is 0 Å². The standard InChI is InChI=1S/C15H27N3O2/c1-8-20-14(19)12(16-10(2)3)11-9-18(7)17-13(11)15(4,5)6/h9-10,12,16H,8H2,1-7H3. The summed E-state index contributed by atoms with van der Waals surface area (Å²) in [4.78, 5) is 12.2. The summed E-state index contributed by atoms with van der Waals surface area (Å²) < 4.78 is 6.95. The van der Waals surface area contributed by atoms with Crippen molar-refractivity contribution in [3.05, 3.63) is 17.5 Å². The average molecular weight is 281 g/mol. The van der Waals surface area contributed by atoms with Gasteiger partial charge in [0.25, 0.3) is 0 Å². The number of carbonyl (C=O) groups excluding carboxylic acids is 1. The largest absolute Gasteiger partial charge is 0.465 e. The fraction of sp³-hybridized carbons (Fsp3) is 0.733. The quantitative estimate of drug-likeness (QED) is 0.842. The summed E-state index contributed by atoms with van der Waals surface area (Å²) in [6, 6.07) is -0.296. The summed E-state index contributed by atoms with van der Waals surface area (Å²) in [5, 5.41) is 7.80. The number of aromatic nitrogens is 2. The van der Waals surface area contributed by atoms with Crippen LogP contribution in [-0.4, -0.2) is 28.4 Å². The van der Waals surface area contributed by atoms with E-state index in [4.69, 9.17) is 4.74 Å². The van der Waals surface area contributed by atoms with Crippen molar-refractivity contribution in [3.63, 3.8) is 0 Å². The number of hydrogen-bond acceptors (Lipinski definition) is 4. The Morgan fingerprint density at radius 1 is 1.45 bits per heavy atom. The van der Waals surface area contributed by atoms with E-state index in [-0.39, 0.29) is 17.4 Å². The molecule has 114 valence electrons. The molecule has 1 unspecified atom stereocenters. The van der Waals surface area contributed by atoms with Crippen LogP contribution in [0.1, 0.15) is 58.8 Å². The maximum absolute atomic E-state index is 12.2. The molecule has 20 heavy (non-hydrogen) atoms. The van der Waals surface area contributed by atoms with Crippen molar-refractivity contribution < 1.29 is 9.53 Å². The molecule has 0 saturated heterocycles. The predicted molar refractivity (Wildman–Crippen MR) is 79.6 cm³/mol. The minimum atomic E-state index is -0.474. The van der Waals surface area contributed by atoms with E-state index in [1.807, 2.05) is 34.0 Å². The van der Waals surface area contributed by atoms with Crippen LogP contribution in [0.15, 0.2) is 6.20 Å². The molecule has 5 nitrogen and oxygen atoms in total. The van der Waals surface area contributed by atoms with E-state index in [0.717, 1.165) is 11.3 Å². The molecule has 0 fully saturated rings.